The van der Waals surface area contributed by atoms with Crippen molar-refractivity contribution in [3.8, 4) is 0 Å². The molecule has 1 heterocycles. The Morgan fingerprint density at radius 2 is 1.88 bits per heavy atom. The van der Waals surface area contributed by atoms with Crippen LogP contribution in [0.25, 0.3) is 0 Å². The molecule has 1 N–H and O–H groups in total. The molecule has 1 aliphatic heterocycles. The van der Waals surface area contributed by atoms with E-state index in [1.165, 1.54) is 4.90 Å². The van der Waals surface area contributed by atoms with Crippen LogP contribution in [0.2, 0.25) is 0 Å². The van der Waals surface area contributed by atoms with Crippen LogP contribution < -0.4 is 0 Å². The van der Waals surface area contributed by atoms with Crippen LogP contribution in [0.5, 0.6) is 0 Å². The third-order valence-electron chi connectivity index (χ3n) is 4.00. The first kappa shape index (κ1) is 14.2. The summed E-state index contributed by atoms with van der Waals surface area (Å²) in [5.74, 6) is -0.127. The molecule has 1 unspecified atom stereocenters. The second kappa shape index (κ2) is 5.63. The molecule has 0 aromatic rings. The smallest absolute Gasteiger partial charge is 0.235 e. The molecule has 98 valence electrons. The molecule has 0 aliphatic carbocycles. The summed E-state index contributed by atoms with van der Waals surface area (Å²) >= 11 is 0. The first-order valence-corrected chi connectivity index (χ1v) is 6.53. The normalized spacial score (nSPS) is 21.1. The Kier molecular flexibility index (Phi) is 4.69. The average molecular weight is 241 g/mol. The Morgan fingerprint density at radius 3 is 2.29 bits per heavy atom. The summed E-state index contributed by atoms with van der Waals surface area (Å²) in [5.41, 5.74) is -0.478. The van der Waals surface area contributed by atoms with E-state index >= 15 is 0 Å². The van der Waals surface area contributed by atoms with Gasteiger partial charge in [0.2, 0.25) is 11.8 Å². The number of amides is 2. The van der Waals surface area contributed by atoms with Crippen LogP contribution in [-0.4, -0.2) is 34.5 Å². The first-order chi connectivity index (χ1) is 8.00. The number of aliphatic hydroxyl groups excluding tert-OH is 1. The van der Waals surface area contributed by atoms with E-state index in [0.717, 1.165) is 0 Å². The van der Waals surface area contributed by atoms with Gasteiger partial charge in [0.15, 0.2) is 0 Å². The van der Waals surface area contributed by atoms with Crippen LogP contribution in [0.3, 0.4) is 0 Å². The molecule has 0 spiro atoms. The molecule has 0 saturated carbocycles. The summed E-state index contributed by atoms with van der Waals surface area (Å²) in [5, 5.41) is 9.49. The first-order valence-electron chi connectivity index (χ1n) is 6.53. The lowest BCUT2D eigenvalue weighted by Gasteiger charge is -2.23. The Labute approximate surface area is 103 Å². The number of hydrogen-bond acceptors (Lipinski definition) is 3. The molecule has 4 heteroatoms. The minimum Gasteiger partial charge on any atom is -0.393 e. The SMILES string of the molecule is CCC(O)CCN1C(=O)CC(CC)(CC)C1=O. The van der Waals surface area contributed by atoms with Gasteiger partial charge in [0.25, 0.3) is 0 Å². The number of hydrogen-bond donors (Lipinski definition) is 1. The van der Waals surface area contributed by atoms with Crippen LogP contribution >= 0.6 is 0 Å². The Bertz CT molecular complexity index is 297. The molecule has 1 atom stereocenters. The summed E-state index contributed by atoms with van der Waals surface area (Å²) in [6.07, 6.45) is 2.47. The highest BCUT2D eigenvalue weighted by Gasteiger charge is 2.48. The standard InChI is InChI=1S/C13H23NO3/c1-4-10(15)7-8-14-11(16)9-13(5-2,6-3)12(14)17/h10,15H,4-9H2,1-3H3. The highest BCUT2D eigenvalue weighted by atomic mass is 16.3. The van der Waals surface area contributed by atoms with Crippen molar-refractivity contribution in [3.63, 3.8) is 0 Å². The topological polar surface area (TPSA) is 57.6 Å². The van der Waals surface area contributed by atoms with Crippen LogP contribution in [0, 0.1) is 5.41 Å². The van der Waals surface area contributed by atoms with Gasteiger partial charge in [-0.15, -0.1) is 0 Å². The fourth-order valence-corrected chi connectivity index (χ4v) is 2.37. The zero-order valence-electron chi connectivity index (χ0n) is 11.0. The van der Waals surface area contributed by atoms with E-state index < -0.39 is 11.5 Å². The van der Waals surface area contributed by atoms with Gasteiger partial charge in [0.05, 0.1) is 11.5 Å². The molecule has 1 fully saturated rings. The van der Waals surface area contributed by atoms with E-state index in [2.05, 4.69) is 0 Å². The molecule has 0 aromatic heterocycles. The van der Waals surface area contributed by atoms with Crippen molar-refractivity contribution >= 4 is 11.8 Å². The third-order valence-corrected chi connectivity index (χ3v) is 4.00. The molecule has 17 heavy (non-hydrogen) atoms. The summed E-state index contributed by atoms with van der Waals surface area (Å²) in [4.78, 5) is 25.4. The molecule has 2 amide bonds. The molecule has 1 saturated heterocycles. The second-order valence-corrected chi connectivity index (χ2v) is 4.87. The monoisotopic (exact) mass is 241 g/mol. The van der Waals surface area contributed by atoms with Crippen molar-refractivity contribution in [1.29, 1.82) is 0 Å². The van der Waals surface area contributed by atoms with Crippen LogP contribution in [0.1, 0.15) is 52.9 Å². The quantitative estimate of drug-likeness (QED) is 0.720. The van der Waals surface area contributed by atoms with Gasteiger partial charge < -0.3 is 5.11 Å². The third kappa shape index (κ3) is 2.68. The maximum atomic E-state index is 12.2. The summed E-state index contributed by atoms with van der Waals surface area (Å²) in [6.45, 7) is 6.16. The molecule has 0 radical (unpaired) electrons. The van der Waals surface area contributed by atoms with Crippen molar-refractivity contribution in [2.75, 3.05) is 6.54 Å². The molecule has 1 aliphatic rings. The van der Waals surface area contributed by atoms with Gasteiger partial charge >= 0.3 is 0 Å². The number of nitrogens with zero attached hydrogens (tertiary/aromatic N) is 1. The predicted octanol–water partition coefficient (Wildman–Crippen LogP) is 1.71. The molecule has 0 bridgehead atoms. The van der Waals surface area contributed by atoms with Crippen molar-refractivity contribution in [2.24, 2.45) is 5.41 Å². The lowest BCUT2D eigenvalue weighted by atomic mass is 9.81. The van der Waals surface area contributed by atoms with E-state index in [9.17, 15) is 14.7 Å². The van der Waals surface area contributed by atoms with Crippen molar-refractivity contribution in [2.45, 2.75) is 59.0 Å². The number of rotatable bonds is 6. The maximum Gasteiger partial charge on any atom is 0.235 e. The number of aliphatic hydroxyl groups is 1. The zero-order chi connectivity index (χ0) is 13.1. The minimum absolute atomic E-state index is 0.0456. The highest BCUT2D eigenvalue weighted by Crippen LogP contribution is 2.39. The summed E-state index contributed by atoms with van der Waals surface area (Å²) in [6, 6.07) is 0. The number of carbonyl (C=O) groups excluding carboxylic acids is 2. The molecule has 1 rings (SSSR count). The van der Waals surface area contributed by atoms with E-state index in [1.54, 1.807) is 0 Å². The number of carbonyl (C=O) groups is 2. The van der Waals surface area contributed by atoms with E-state index in [-0.39, 0.29) is 11.8 Å². The number of imide groups is 1. The minimum atomic E-state index is -0.478. The van der Waals surface area contributed by atoms with E-state index in [4.69, 9.17) is 0 Å². The van der Waals surface area contributed by atoms with Crippen molar-refractivity contribution in [1.82, 2.24) is 4.90 Å². The maximum absolute atomic E-state index is 12.2. The van der Waals surface area contributed by atoms with Gasteiger partial charge in [0, 0.05) is 13.0 Å². The molecular weight excluding hydrogens is 218 g/mol. The Morgan fingerprint density at radius 1 is 1.29 bits per heavy atom. The summed E-state index contributed by atoms with van der Waals surface area (Å²) < 4.78 is 0. The van der Waals surface area contributed by atoms with Gasteiger partial charge in [-0.3, -0.25) is 14.5 Å². The van der Waals surface area contributed by atoms with Crippen LogP contribution in [0.15, 0.2) is 0 Å². The fourth-order valence-electron chi connectivity index (χ4n) is 2.37. The summed E-state index contributed by atoms with van der Waals surface area (Å²) in [7, 11) is 0. The van der Waals surface area contributed by atoms with Gasteiger partial charge in [-0.05, 0) is 25.7 Å². The van der Waals surface area contributed by atoms with Crippen LogP contribution in [-0.2, 0) is 9.59 Å². The van der Waals surface area contributed by atoms with Gasteiger partial charge in [0.1, 0.15) is 0 Å². The largest absolute Gasteiger partial charge is 0.393 e. The van der Waals surface area contributed by atoms with Gasteiger partial charge in [-0.25, -0.2) is 0 Å². The number of likely N-dealkylation sites (tertiary alicyclic amines) is 1. The molecule has 4 nitrogen and oxygen atoms in total. The van der Waals surface area contributed by atoms with Gasteiger partial charge in [-0.2, -0.15) is 0 Å². The fraction of sp³-hybridized carbons (Fsp3) is 0.846. The lowest BCUT2D eigenvalue weighted by Crippen LogP contribution is -2.36. The second-order valence-electron chi connectivity index (χ2n) is 4.87. The molecular formula is C13H23NO3. The van der Waals surface area contributed by atoms with Crippen molar-refractivity contribution < 1.29 is 14.7 Å². The van der Waals surface area contributed by atoms with Crippen LogP contribution in [0.4, 0.5) is 0 Å². The Balaban J connectivity index is 2.69. The van der Waals surface area contributed by atoms with E-state index in [0.29, 0.717) is 38.6 Å². The predicted molar refractivity (Wildman–Crippen MR) is 65.3 cm³/mol. The van der Waals surface area contributed by atoms with Gasteiger partial charge in [-0.1, -0.05) is 20.8 Å². The van der Waals surface area contributed by atoms with E-state index in [1.807, 2.05) is 20.8 Å². The molecule has 0 aromatic carbocycles. The highest BCUT2D eigenvalue weighted by molar-refractivity contribution is 6.05. The lowest BCUT2D eigenvalue weighted by molar-refractivity contribution is -0.141. The Hall–Kier alpha value is -0.900. The average Bonchev–Trinajstić information content (AvgIpc) is 2.58. The zero-order valence-corrected chi connectivity index (χ0v) is 11.0. The van der Waals surface area contributed by atoms with Crippen molar-refractivity contribution in [3.05, 3.63) is 0 Å².